The highest BCUT2D eigenvalue weighted by Gasteiger charge is 2.29. The molecule has 0 unspecified atom stereocenters. The van der Waals surface area contributed by atoms with Crippen molar-refractivity contribution >= 4 is 67.7 Å². The fourth-order valence-corrected chi connectivity index (χ4v) is 7.03. The van der Waals surface area contributed by atoms with Gasteiger partial charge in [0, 0.05) is 52.8 Å². The van der Waals surface area contributed by atoms with E-state index in [1.165, 1.54) is 37.4 Å². The highest BCUT2D eigenvalue weighted by atomic mass is 35.5. The molecule has 1 aliphatic heterocycles. The molecular weight excluding hydrogens is 708 g/mol. The Bertz CT molecular complexity index is 2830. The molecule has 4 N–H and O–H groups in total. The summed E-state index contributed by atoms with van der Waals surface area (Å²) in [6.45, 7) is 0.00648. The molecule has 2 aromatic heterocycles. The topological polar surface area (TPSA) is 164 Å². The standard InChI is InChI=1S/C42H29ClN4O7/c1-53-42(52)25-13-12-24(41(50)51)18-27(25)35-26-14-15-34(48)29(20-46-32-10-2-6-22-8-4-16-44-36(22)32)39(26)54-40-28(35)19-31(43)38(49)30(40)21-47-33-11-3-7-23-9-5-17-45-37(23)33/h2-19,46-48H,20-21H2,1H3,(H,50,51). The first-order valence-electron chi connectivity index (χ1n) is 16.8. The molecule has 0 atom stereocenters. The van der Waals surface area contributed by atoms with E-state index in [1.807, 2.05) is 60.7 Å². The summed E-state index contributed by atoms with van der Waals surface area (Å²) in [6.07, 6.45) is 3.37. The van der Waals surface area contributed by atoms with Crippen molar-refractivity contribution in [3.05, 3.63) is 147 Å². The van der Waals surface area contributed by atoms with Gasteiger partial charge in [0.1, 0.15) is 17.1 Å². The minimum Gasteiger partial charge on any atom is -0.507 e. The molecular formula is C42H29ClN4O7. The van der Waals surface area contributed by atoms with Crippen LogP contribution in [-0.2, 0) is 17.8 Å². The molecule has 12 heteroatoms. The number of halogens is 1. The number of aromatic nitrogens is 2. The number of carboxylic acid groups (broad SMARTS) is 1. The van der Waals surface area contributed by atoms with Gasteiger partial charge < -0.3 is 30.0 Å². The highest BCUT2D eigenvalue weighted by molar-refractivity contribution is 6.31. The third-order valence-electron chi connectivity index (χ3n) is 9.38. The third-order valence-corrected chi connectivity index (χ3v) is 9.66. The minimum atomic E-state index is -1.22. The van der Waals surface area contributed by atoms with Crippen molar-refractivity contribution in [2.75, 3.05) is 17.7 Å². The van der Waals surface area contributed by atoms with Crippen LogP contribution in [0.1, 0.15) is 31.8 Å². The quantitative estimate of drug-likeness (QED) is 0.0827. The van der Waals surface area contributed by atoms with Crippen LogP contribution in [0.25, 0.3) is 55.2 Å². The molecule has 0 saturated heterocycles. The average molecular weight is 737 g/mol. The van der Waals surface area contributed by atoms with Crippen molar-refractivity contribution in [2.45, 2.75) is 13.1 Å². The predicted molar refractivity (Wildman–Crippen MR) is 208 cm³/mol. The van der Waals surface area contributed by atoms with Gasteiger partial charge in [0.05, 0.1) is 56.8 Å². The van der Waals surface area contributed by atoms with Gasteiger partial charge in [-0.25, -0.2) is 9.59 Å². The summed E-state index contributed by atoms with van der Waals surface area (Å²) in [4.78, 5) is 48.5. The van der Waals surface area contributed by atoms with E-state index in [2.05, 4.69) is 20.6 Å². The van der Waals surface area contributed by atoms with Crippen molar-refractivity contribution in [2.24, 2.45) is 0 Å². The zero-order valence-corrected chi connectivity index (χ0v) is 29.3. The largest absolute Gasteiger partial charge is 0.507 e. The number of hydrogen-bond acceptors (Lipinski definition) is 10. The number of esters is 1. The zero-order chi connectivity index (χ0) is 37.5. The molecule has 0 fully saturated rings. The molecule has 0 saturated carbocycles. The molecule has 0 amide bonds. The predicted octanol–water partition coefficient (Wildman–Crippen LogP) is 8.73. The number of carboxylic acids is 1. The molecule has 0 bridgehead atoms. The number of nitrogens with one attached hydrogen (secondary N) is 2. The first-order chi connectivity index (χ1) is 26.2. The van der Waals surface area contributed by atoms with Crippen molar-refractivity contribution < 1.29 is 29.0 Å². The first-order valence-corrected chi connectivity index (χ1v) is 17.1. The summed E-state index contributed by atoms with van der Waals surface area (Å²) in [7, 11) is 1.23. The lowest BCUT2D eigenvalue weighted by Crippen LogP contribution is -2.17. The molecule has 0 radical (unpaired) electrons. The van der Waals surface area contributed by atoms with E-state index in [4.69, 9.17) is 20.8 Å². The van der Waals surface area contributed by atoms with E-state index in [0.29, 0.717) is 39.0 Å². The number of hydrogen-bond donors (Lipinski definition) is 4. The maximum atomic E-state index is 13.9. The number of para-hydroxylation sites is 2. The van der Waals surface area contributed by atoms with E-state index in [1.54, 1.807) is 18.5 Å². The van der Waals surface area contributed by atoms with Crippen LogP contribution in [-0.4, -0.2) is 39.2 Å². The number of fused-ring (bicyclic) bond motifs is 4. The normalized spacial score (nSPS) is 11.3. The molecule has 2 aliphatic rings. The number of carbonyl (C=O) groups is 2. The van der Waals surface area contributed by atoms with Gasteiger partial charge in [-0.2, -0.15) is 0 Å². The van der Waals surface area contributed by atoms with E-state index < -0.39 is 17.4 Å². The van der Waals surface area contributed by atoms with Crippen molar-refractivity contribution in [3.63, 3.8) is 0 Å². The molecule has 8 rings (SSSR count). The zero-order valence-electron chi connectivity index (χ0n) is 28.5. The molecule has 3 heterocycles. The monoisotopic (exact) mass is 736 g/mol. The minimum absolute atomic E-state index is 0.0485. The van der Waals surface area contributed by atoms with Crippen molar-refractivity contribution in [3.8, 4) is 28.2 Å². The van der Waals surface area contributed by atoms with Crippen molar-refractivity contribution in [1.29, 1.82) is 0 Å². The van der Waals surface area contributed by atoms with Crippen LogP contribution >= 0.6 is 11.6 Å². The lowest BCUT2D eigenvalue weighted by atomic mass is 9.87. The summed E-state index contributed by atoms with van der Waals surface area (Å²) < 4.78 is 11.8. The lowest BCUT2D eigenvalue weighted by molar-refractivity contribution is 0.0599. The molecule has 11 nitrogen and oxygen atoms in total. The Morgan fingerprint density at radius 2 is 1.43 bits per heavy atom. The molecule has 266 valence electrons. The maximum Gasteiger partial charge on any atom is 0.338 e. The molecule has 54 heavy (non-hydrogen) atoms. The number of carbonyl (C=O) groups excluding carboxylic acids is 1. The van der Waals surface area contributed by atoms with Crippen LogP contribution in [0.3, 0.4) is 0 Å². The Labute approximate surface area is 311 Å². The maximum absolute atomic E-state index is 13.9. The average Bonchev–Trinajstić information content (AvgIpc) is 3.19. The Morgan fingerprint density at radius 3 is 2.06 bits per heavy atom. The summed E-state index contributed by atoms with van der Waals surface area (Å²) >= 11 is 6.68. The summed E-state index contributed by atoms with van der Waals surface area (Å²) in [5, 5.41) is 30.2. The van der Waals surface area contributed by atoms with Gasteiger partial charge in [0.25, 0.3) is 0 Å². The lowest BCUT2D eigenvalue weighted by Gasteiger charge is -2.22. The van der Waals surface area contributed by atoms with Gasteiger partial charge in [-0.05, 0) is 66.2 Å². The smallest absolute Gasteiger partial charge is 0.338 e. The number of phenolic OH excluding ortho intramolecular Hbond substituents is 1. The van der Waals surface area contributed by atoms with Gasteiger partial charge in [-0.3, -0.25) is 14.8 Å². The molecule has 4 aromatic carbocycles. The second-order valence-electron chi connectivity index (χ2n) is 12.5. The Morgan fingerprint density at radius 1 is 0.796 bits per heavy atom. The van der Waals surface area contributed by atoms with Crippen LogP contribution < -0.4 is 16.1 Å². The number of ether oxygens (including phenoxy) is 1. The van der Waals surface area contributed by atoms with Gasteiger partial charge in [-0.15, -0.1) is 0 Å². The summed E-state index contributed by atoms with van der Waals surface area (Å²) in [5.74, 6) is -1.93. The van der Waals surface area contributed by atoms with Crippen LogP contribution in [0, 0.1) is 0 Å². The number of pyridine rings is 2. The number of nitrogens with zero attached hydrogens (tertiary/aromatic N) is 2. The van der Waals surface area contributed by atoms with E-state index in [0.717, 1.165) is 16.3 Å². The fraction of sp³-hybridized carbons (Fsp3) is 0.0714. The fourth-order valence-electron chi connectivity index (χ4n) is 6.80. The number of methoxy groups -OCH3 is 1. The van der Waals surface area contributed by atoms with Crippen LogP contribution in [0.15, 0.2) is 119 Å². The first kappa shape index (κ1) is 34.1. The van der Waals surface area contributed by atoms with Gasteiger partial charge >= 0.3 is 11.9 Å². The summed E-state index contributed by atoms with van der Waals surface area (Å²) in [5.41, 5.74) is 3.78. The number of phenols is 1. The third kappa shape index (κ3) is 5.96. The Balaban J connectivity index is 1.39. The highest BCUT2D eigenvalue weighted by Crippen LogP contribution is 2.46. The molecule has 0 spiro atoms. The number of rotatable bonds is 9. The Hall–Kier alpha value is -6.98. The second-order valence-corrected chi connectivity index (χ2v) is 12.9. The summed E-state index contributed by atoms with van der Waals surface area (Å²) in [6, 6.07) is 27.5. The second kappa shape index (κ2) is 13.9. The van der Waals surface area contributed by atoms with Crippen LogP contribution in [0.5, 0.6) is 5.75 Å². The van der Waals surface area contributed by atoms with E-state index in [9.17, 15) is 24.6 Å². The van der Waals surface area contributed by atoms with Crippen molar-refractivity contribution in [1.82, 2.24) is 9.97 Å². The number of benzene rings is 5. The van der Waals surface area contributed by atoms with Gasteiger partial charge in [0.15, 0.2) is 0 Å². The van der Waals surface area contributed by atoms with Gasteiger partial charge in [-0.1, -0.05) is 48.0 Å². The number of anilines is 2. The Kier molecular flexibility index (Phi) is 8.76. The van der Waals surface area contributed by atoms with Crippen LogP contribution in [0.4, 0.5) is 11.4 Å². The number of aromatic hydroxyl groups is 1. The van der Waals surface area contributed by atoms with E-state index >= 15 is 0 Å². The number of aromatic carboxylic acids is 1. The SMILES string of the molecule is COC(=O)c1ccc(C(=O)O)cc1-c1c2cc(Cl)c(=O)c(CNc3cccc4cccnc34)c-2oc2c(CNc3cccc4cccnc34)c(O)ccc12. The molecule has 1 aliphatic carbocycles. The molecule has 6 aromatic rings. The van der Waals surface area contributed by atoms with Gasteiger partial charge in [0.2, 0.25) is 5.43 Å². The van der Waals surface area contributed by atoms with E-state index in [-0.39, 0.29) is 57.5 Å². The van der Waals surface area contributed by atoms with Crippen LogP contribution in [0.2, 0.25) is 5.02 Å².